The zero-order valence-electron chi connectivity index (χ0n) is 26.1. The van der Waals surface area contributed by atoms with Crippen LogP contribution in [0.2, 0.25) is 16.6 Å². The van der Waals surface area contributed by atoms with Crippen molar-refractivity contribution in [3.63, 3.8) is 0 Å². The largest absolute Gasteiger partial charge is 0.522 e. The van der Waals surface area contributed by atoms with Crippen LogP contribution < -0.4 is 0 Å². The molecule has 39 heavy (non-hydrogen) atoms. The average molecular weight is 595 g/mol. The lowest BCUT2D eigenvalue weighted by Crippen LogP contribution is -2.62. The quantitative estimate of drug-likeness (QED) is 0.207. The van der Waals surface area contributed by atoms with Crippen LogP contribution in [0.3, 0.4) is 0 Å². The van der Waals surface area contributed by atoms with E-state index >= 15 is 0 Å². The van der Waals surface area contributed by atoms with Crippen LogP contribution in [0, 0.1) is 53.3 Å². The smallest absolute Gasteiger partial charge is 0.307 e. The minimum Gasteiger partial charge on any atom is -0.307 e. The molecule has 0 N–H and O–H groups in total. The van der Waals surface area contributed by atoms with Gasteiger partial charge in [0.15, 0.2) is 0 Å². The maximum Gasteiger partial charge on any atom is 0.522 e. The first-order valence-electron chi connectivity index (χ1n) is 15.9. The van der Waals surface area contributed by atoms with Crippen molar-refractivity contribution in [3.8, 4) is 0 Å². The SMILES string of the molecule is CC1CCC(C(C)C)C([Si](OS(=O)(=O)C(F)(F)F)(C2CC(C)CCC2C(C)C)C2CC(C)CCC2C(C)C)C1. The number of alkyl halides is 3. The summed E-state index contributed by atoms with van der Waals surface area (Å²) >= 11 is 0. The van der Waals surface area contributed by atoms with Crippen LogP contribution in [0.25, 0.3) is 0 Å². The minimum absolute atomic E-state index is 0.0773. The Hall–Kier alpha value is -0.0831. The Labute approximate surface area is 239 Å². The van der Waals surface area contributed by atoms with Gasteiger partial charge in [0.05, 0.1) is 0 Å². The van der Waals surface area contributed by atoms with E-state index in [0.29, 0.717) is 17.8 Å². The maximum absolute atomic E-state index is 14.4. The van der Waals surface area contributed by atoms with E-state index in [4.69, 9.17) is 3.87 Å². The lowest BCUT2D eigenvalue weighted by atomic mass is 9.75. The number of hydrogen-bond acceptors (Lipinski definition) is 3. The molecule has 3 saturated carbocycles. The topological polar surface area (TPSA) is 43.4 Å². The summed E-state index contributed by atoms with van der Waals surface area (Å²) in [5.74, 6) is 2.54. The van der Waals surface area contributed by atoms with Gasteiger partial charge in [-0.3, -0.25) is 0 Å². The molecule has 3 nitrogen and oxygen atoms in total. The first-order chi connectivity index (χ1) is 17.9. The van der Waals surface area contributed by atoms with Crippen molar-refractivity contribution < 1.29 is 25.5 Å². The van der Waals surface area contributed by atoms with Crippen molar-refractivity contribution in [1.29, 1.82) is 0 Å². The van der Waals surface area contributed by atoms with Gasteiger partial charge in [0.1, 0.15) is 0 Å². The number of halogens is 3. The predicted molar refractivity (Wildman–Crippen MR) is 157 cm³/mol. The second kappa shape index (κ2) is 12.6. The molecule has 0 heterocycles. The van der Waals surface area contributed by atoms with Crippen LogP contribution in [0.5, 0.6) is 0 Å². The highest BCUT2D eigenvalue weighted by molar-refractivity contribution is 7.88. The summed E-state index contributed by atoms with van der Waals surface area (Å²) in [5.41, 5.74) is -5.63. The summed E-state index contributed by atoms with van der Waals surface area (Å²) in [5, 5.41) is 0. The number of rotatable bonds is 8. The summed E-state index contributed by atoms with van der Waals surface area (Å²) in [6.45, 7) is 19.8. The van der Waals surface area contributed by atoms with Crippen LogP contribution in [0.4, 0.5) is 13.2 Å². The maximum atomic E-state index is 14.4. The molecular weight excluding hydrogens is 537 g/mol. The van der Waals surface area contributed by atoms with Crippen molar-refractivity contribution in [3.05, 3.63) is 0 Å². The fraction of sp³-hybridized carbons (Fsp3) is 1.00. The van der Waals surface area contributed by atoms with E-state index in [0.717, 1.165) is 57.8 Å². The van der Waals surface area contributed by atoms with Gasteiger partial charge in [0, 0.05) is 0 Å². The molecule has 0 amide bonds. The third-order valence-electron chi connectivity index (χ3n) is 11.3. The van der Waals surface area contributed by atoms with E-state index in [1.165, 1.54) is 0 Å². The van der Waals surface area contributed by atoms with Gasteiger partial charge in [-0.2, -0.15) is 21.6 Å². The third-order valence-corrected chi connectivity index (χ3v) is 19.4. The molecule has 0 aromatic heterocycles. The van der Waals surface area contributed by atoms with Gasteiger partial charge in [0.2, 0.25) is 8.32 Å². The Morgan fingerprint density at radius 3 is 1.13 bits per heavy atom. The summed E-state index contributed by atoms with van der Waals surface area (Å²) in [6, 6.07) is 0. The van der Waals surface area contributed by atoms with Crippen molar-refractivity contribution in [2.24, 2.45) is 53.3 Å². The van der Waals surface area contributed by atoms with Gasteiger partial charge < -0.3 is 3.87 Å². The molecule has 0 saturated heterocycles. The van der Waals surface area contributed by atoms with Gasteiger partial charge in [-0.15, -0.1) is 0 Å². The Morgan fingerprint density at radius 1 is 0.615 bits per heavy atom. The van der Waals surface area contributed by atoms with Crippen LogP contribution >= 0.6 is 0 Å². The Balaban J connectivity index is 2.41. The average Bonchev–Trinajstić information content (AvgIpc) is 2.81. The van der Waals surface area contributed by atoms with Gasteiger partial charge >= 0.3 is 15.6 Å². The first-order valence-corrected chi connectivity index (χ1v) is 19.5. The molecule has 3 aliphatic carbocycles. The van der Waals surface area contributed by atoms with E-state index in [2.05, 4.69) is 62.3 Å². The van der Waals surface area contributed by atoms with Crippen LogP contribution in [-0.2, 0) is 14.0 Å². The molecule has 9 atom stereocenters. The van der Waals surface area contributed by atoms with E-state index in [-0.39, 0.29) is 52.1 Å². The van der Waals surface area contributed by atoms with Crippen LogP contribution in [-0.4, -0.2) is 22.2 Å². The zero-order chi connectivity index (χ0) is 29.5. The molecule has 0 aromatic rings. The zero-order valence-corrected chi connectivity index (χ0v) is 27.9. The molecule has 0 aromatic carbocycles. The molecule has 8 heteroatoms. The molecular formula is C31H57F3O3SSi. The molecule has 230 valence electrons. The van der Waals surface area contributed by atoms with Crippen molar-refractivity contribution in [2.75, 3.05) is 0 Å². The Kier molecular flexibility index (Phi) is 10.8. The molecule has 9 unspecified atom stereocenters. The molecule has 0 spiro atoms. The van der Waals surface area contributed by atoms with E-state index in [1.54, 1.807) is 0 Å². The van der Waals surface area contributed by atoms with Gasteiger partial charge in [-0.05, 0) is 108 Å². The summed E-state index contributed by atoms with van der Waals surface area (Å²) in [4.78, 5) is 0. The van der Waals surface area contributed by atoms with Gasteiger partial charge in [0.25, 0.3) is 0 Å². The highest BCUT2D eigenvalue weighted by Gasteiger charge is 2.67. The lowest BCUT2D eigenvalue weighted by molar-refractivity contribution is -0.0511. The fourth-order valence-corrected chi connectivity index (χ4v) is 20.4. The van der Waals surface area contributed by atoms with E-state index in [1.807, 2.05) is 0 Å². The Morgan fingerprint density at radius 2 is 0.897 bits per heavy atom. The fourth-order valence-electron chi connectivity index (χ4n) is 9.41. The number of hydrogen-bond donors (Lipinski definition) is 0. The highest BCUT2D eigenvalue weighted by atomic mass is 32.2. The predicted octanol–water partition coefficient (Wildman–Crippen LogP) is 10.2. The minimum atomic E-state index is -5.74. The molecule has 0 radical (unpaired) electrons. The monoisotopic (exact) mass is 594 g/mol. The van der Waals surface area contributed by atoms with Crippen molar-refractivity contribution in [2.45, 2.75) is 142 Å². The molecule has 0 aliphatic heterocycles. The van der Waals surface area contributed by atoms with Crippen molar-refractivity contribution in [1.82, 2.24) is 0 Å². The third kappa shape index (κ3) is 6.95. The molecule has 3 aliphatic rings. The molecule has 0 bridgehead atoms. The molecule has 3 fully saturated rings. The Bertz CT molecular complexity index is 824. The first kappa shape index (κ1) is 33.4. The summed E-state index contributed by atoms with van der Waals surface area (Å²) in [7, 11) is -9.39. The second-order valence-electron chi connectivity index (χ2n) is 15.1. The van der Waals surface area contributed by atoms with Crippen LogP contribution in [0.15, 0.2) is 0 Å². The second-order valence-corrected chi connectivity index (χ2v) is 21.1. The molecule has 3 rings (SSSR count). The van der Waals surface area contributed by atoms with Gasteiger partial charge in [-0.1, -0.05) is 81.6 Å². The van der Waals surface area contributed by atoms with E-state index in [9.17, 15) is 21.6 Å². The normalized spacial score (nSPS) is 38.8. The van der Waals surface area contributed by atoms with Gasteiger partial charge in [-0.25, -0.2) is 0 Å². The summed E-state index contributed by atoms with van der Waals surface area (Å²) in [6.07, 6.45) is 8.43. The van der Waals surface area contributed by atoms with E-state index < -0.39 is 23.9 Å². The van der Waals surface area contributed by atoms with Crippen LogP contribution in [0.1, 0.15) is 120 Å². The lowest BCUT2D eigenvalue weighted by Gasteiger charge is -2.59. The standard InChI is InChI=1S/C31H57F3O3SSi/c1-19(2)25-13-10-22(7)16-28(25)39(37-38(35,36)31(32,33)34,29-17-23(8)11-14-26(29)20(3)4)30-18-24(9)12-15-27(30)21(5)6/h19-30H,10-18H2,1-9H3. The summed E-state index contributed by atoms with van der Waals surface area (Å²) < 4.78 is 76.1. The highest BCUT2D eigenvalue weighted by Crippen LogP contribution is 2.65. The van der Waals surface area contributed by atoms with Crippen molar-refractivity contribution >= 4 is 18.4 Å².